The SMILES string of the molecule is COc1ccc(OC)c(CCNCc2ccco2)c1. The third-order valence-electron chi connectivity index (χ3n) is 2.94. The first kappa shape index (κ1) is 13.5. The normalized spacial score (nSPS) is 10.4. The second kappa shape index (κ2) is 6.85. The van der Waals surface area contributed by atoms with Gasteiger partial charge in [-0.2, -0.15) is 0 Å². The van der Waals surface area contributed by atoms with Crippen molar-refractivity contribution in [3.63, 3.8) is 0 Å². The van der Waals surface area contributed by atoms with Gasteiger partial charge in [0.1, 0.15) is 17.3 Å². The maximum absolute atomic E-state index is 5.35. The van der Waals surface area contributed by atoms with Crippen LogP contribution in [0.3, 0.4) is 0 Å². The highest BCUT2D eigenvalue weighted by molar-refractivity contribution is 5.40. The first-order chi connectivity index (χ1) is 9.33. The molecule has 0 spiro atoms. The van der Waals surface area contributed by atoms with Crippen molar-refractivity contribution in [3.8, 4) is 11.5 Å². The molecular formula is C15H19NO3. The average Bonchev–Trinajstić information content (AvgIpc) is 2.96. The van der Waals surface area contributed by atoms with Crippen molar-refractivity contribution in [1.29, 1.82) is 0 Å². The molecule has 1 aromatic heterocycles. The highest BCUT2D eigenvalue weighted by Gasteiger charge is 2.05. The number of benzene rings is 1. The topological polar surface area (TPSA) is 43.6 Å². The Balaban J connectivity index is 1.87. The van der Waals surface area contributed by atoms with Crippen molar-refractivity contribution in [1.82, 2.24) is 5.32 Å². The smallest absolute Gasteiger partial charge is 0.122 e. The molecule has 2 aromatic rings. The second-order valence-electron chi connectivity index (χ2n) is 4.18. The number of nitrogens with one attached hydrogen (secondary N) is 1. The van der Waals surface area contributed by atoms with Crippen molar-refractivity contribution < 1.29 is 13.9 Å². The minimum absolute atomic E-state index is 0.735. The second-order valence-corrected chi connectivity index (χ2v) is 4.18. The van der Waals surface area contributed by atoms with Crippen LogP contribution in [0.25, 0.3) is 0 Å². The monoisotopic (exact) mass is 261 g/mol. The van der Waals surface area contributed by atoms with Gasteiger partial charge >= 0.3 is 0 Å². The van der Waals surface area contributed by atoms with E-state index in [4.69, 9.17) is 13.9 Å². The van der Waals surface area contributed by atoms with Gasteiger partial charge in [0, 0.05) is 0 Å². The largest absolute Gasteiger partial charge is 0.497 e. The van der Waals surface area contributed by atoms with E-state index in [1.165, 1.54) is 0 Å². The van der Waals surface area contributed by atoms with Crippen molar-refractivity contribution in [2.45, 2.75) is 13.0 Å². The highest BCUT2D eigenvalue weighted by Crippen LogP contribution is 2.24. The van der Waals surface area contributed by atoms with E-state index >= 15 is 0 Å². The number of furan rings is 1. The van der Waals surface area contributed by atoms with E-state index in [1.807, 2.05) is 30.3 Å². The van der Waals surface area contributed by atoms with E-state index in [-0.39, 0.29) is 0 Å². The van der Waals surface area contributed by atoms with E-state index in [1.54, 1.807) is 20.5 Å². The van der Waals surface area contributed by atoms with Gasteiger partial charge in [0.2, 0.25) is 0 Å². The van der Waals surface area contributed by atoms with Gasteiger partial charge in [0.25, 0.3) is 0 Å². The highest BCUT2D eigenvalue weighted by atomic mass is 16.5. The maximum atomic E-state index is 5.35. The van der Waals surface area contributed by atoms with E-state index in [0.717, 1.165) is 42.3 Å². The summed E-state index contributed by atoms with van der Waals surface area (Å²) in [6.07, 6.45) is 2.56. The van der Waals surface area contributed by atoms with Gasteiger partial charge in [-0.05, 0) is 48.9 Å². The Morgan fingerprint density at radius 1 is 1.16 bits per heavy atom. The lowest BCUT2D eigenvalue weighted by atomic mass is 10.1. The lowest BCUT2D eigenvalue weighted by Crippen LogP contribution is -2.16. The Labute approximate surface area is 113 Å². The van der Waals surface area contributed by atoms with Crippen molar-refractivity contribution in [2.24, 2.45) is 0 Å². The van der Waals surface area contributed by atoms with Gasteiger partial charge in [0.05, 0.1) is 27.0 Å². The van der Waals surface area contributed by atoms with Crippen molar-refractivity contribution >= 4 is 0 Å². The predicted molar refractivity (Wildman–Crippen MR) is 73.7 cm³/mol. The third-order valence-corrected chi connectivity index (χ3v) is 2.94. The van der Waals surface area contributed by atoms with E-state index in [9.17, 15) is 0 Å². The fourth-order valence-electron chi connectivity index (χ4n) is 1.93. The van der Waals surface area contributed by atoms with Gasteiger partial charge in [-0.25, -0.2) is 0 Å². The number of hydrogen-bond donors (Lipinski definition) is 1. The fourth-order valence-corrected chi connectivity index (χ4v) is 1.93. The summed E-state index contributed by atoms with van der Waals surface area (Å²) >= 11 is 0. The van der Waals surface area contributed by atoms with Crippen LogP contribution in [-0.2, 0) is 13.0 Å². The third kappa shape index (κ3) is 3.76. The molecule has 0 radical (unpaired) electrons. The van der Waals surface area contributed by atoms with Crippen molar-refractivity contribution in [2.75, 3.05) is 20.8 Å². The molecule has 0 aliphatic rings. The molecule has 0 atom stereocenters. The summed E-state index contributed by atoms with van der Waals surface area (Å²) in [6.45, 7) is 1.59. The average molecular weight is 261 g/mol. The molecule has 1 aromatic carbocycles. The molecule has 1 N–H and O–H groups in total. The molecule has 0 unspecified atom stereocenters. The lowest BCUT2D eigenvalue weighted by Gasteiger charge is -2.10. The number of ether oxygens (including phenoxy) is 2. The molecule has 0 amide bonds. The summed E-state index contributed by atoms with van der Waals surface area (Å²) in [4.78, 5) is 0. The van der Waals surface area contributed by atoms with Crippen LogP contribution in [-0.4, -0.2) is 20.8 Å². The van der Waals surface area contributed by atoms with Crippen LogP contribution in [0, 0.1) is 0 Å². The number of hydrogen-bond acceptors (Lipinski definition) is 4. The standard InChI is InChI=1S/C15H19NO3/c1-17-13-5-6-15(18-2)12(10-13)7-8-16-11-14-4-3-9-19-14/h3-6,9-10,16H,7-8,11H2,1-2H3. The first-order valence-electron chi connectivity index (χ1n) is 6.27. The van der Waals surface area contributed by atoms with E-state index in [2.05, 4.69) is 5.32 Å². The summed E-state index contributed by atoms with van der Waals surface area (Å²) in [7, 11) is 3.35. The Hall–Kier alpha value is -1.94. The summed E-state index contributed by atoms with van der Waals surface area (Å²) in [5.74, 6) is 2.68. The van der Waals surface area contributed by atoms with Crippen molar-refractivity contribution in [3.05, 3.63) is 47.9 Å². The number of methoxy groups -OCH3 is 2. The van der Waals surface area contributed by atoms with Crippen LogP contribution in [0.1, 0.15) is 11.3 Å². The summed E-state index contributed by atoms with van der Waals surface area (Å²) in [5.41, 5.74) is 1.13. The quantitative estimate of drug-likeness (QED) is 0.778. The summed E-state index contributed by atoms with van der Waals surface area (Å²) in [6, 6.07) is 9.69. The molecule has 2 rings (SSSR count). The van der Waals surface area contributed by atoms with Gasteiger partial charge in [-0.15, -0.1) is 0 Å². The molecule has 0 aliphatic heterocycles. The van der Waals surface area contributed by atoms with Crippen LogP contribution < -0.4 is 14.8 Å². The minimum Gasteiger partial charge on any atom is -0.497 e. The Kier molecular flexibility index (Phi) is 4.86. The molecule has 0 saturated heterocycles. The Morgan fingerprint density at radius 3 is 2.74 bits per heavy atom. The number of rotatable bonds is 7. The predicted octanol–water partition coefficient (Wildman–Crippen LogP) is 2.63. The minimum atomic E-state index is 0.735. The Morgan fingerprint density at radius 2 is 2.05 bits per heavy atom. The van der Waals surface area contributed by atoms with Gasteiger partial charge in [-0.3, -0.25) is 0 Å². The molecule has 0 fully saturated rings. The van der Waals surface area contributed by atoms with Crippen LogP contribution in [0.2, 0.25) is 0 Å². The summed E-state index contributed by atoms with van der Waals surface area (Å²) < 4.78 is 15.8. The molecule has 4 heteroatoms. The molecule has 0 aliphatic carbocycles. The molecule has 1 heterocycles. The summed E-state index contributed by atoms with van der Waals surface area (Å²) in [5, 5.41) is 3.33. The van der Waals surface area contributed by atoms with Crippen LogP contribution >= 0.6 is 0 Å². The van der Waals surface area contributed by atoms with Gasteiger partial charge < -0.3 is 19.2 Å². The molecular weight excluding hydrogens is 242 g/mol. The Bertz CT molecular complexity index is 494. The maximum Gasteiger partial charge on any atom is 0.122 e. The van der Waals surface area contributed by atoms with Gasteiger partial charge in [0.15, 0.2) is 0 Å². The molecule has 4 nitrogen and oxygen atoms in total. The van der Waals surface area contributed by atoms with Crippen LogP contribution in [0.15, 0.2) is 41.0 Å². The zero-order chi connectivity index (χ0) is 13.5. The fraction of sp³-hybridized carbons (Fsp3) is 0.333. The molecule has 0 bridgehead atoms. The van der Waals surface area contributed by atoms with E-state index < -0.39 is 0 Å². The van der Waals surface area contributed by atoms with Gasteiger partial charge in [-0.1, -0.05) is 0 Å². The molecule has 102 valence electrons. The zero-order valence-electron chi connectivity index (χ0n) is 11.3. The van der Waals surface area contributed by atoms with Crippen LogP contribution in [0.4, 0.5) is 0 Å². The van der Waals surface area contributed by atoms with Crippen LogP contribution in [0.5, 0.6) is 11.5 Å². The lowest BCUT2D eigenvalue weighted by molar-refractivity contribution is 0.398. The zero-order valence-corrected chi connectivity index (χ0v) is 11.3. The molecule has 0 saturated carbocycles. The van der Waals surface area contributed by atoms with E-state index in [0.29, 0.717) is 0 Å². The molecule has 19 heavy (non-hydrogen) atoms. The first-order valence-corrected chi connectivity index (χ1v) is 6.27.